The van der Waals surface area contributed by atoms with Crippen molar-refractivity contribution in [2.45, 2.75) is 45.8 Å². The number of nitrogens with one attached hydrogen (secondary N) is 2. The topological polar surface area (TPSA) is 55.3 Å². The van der Waals surface area contributed by atoms with Gasteiger partial charge < -0.3 is 19.9 Å². The van der Waals surface area contributed by atoms with E-state index in [4.69, 9.17) is 4.74 Å². The molecule has 1 unspecified atom stereocenters. The molecule has 0 aliphatic carbocycles. The van der Waals surface area contributed by atoms with Gasteiger partial charge in [0.2, 0.25) is 5.91 Å². The first-order chi connectivity index (χ1) is 9.65. The normalized spacial score (nSPS) is 12.3. The van der Waals surface area contributed by atoms with Crippen LogP contribution in [0.1, 0.15) is 32.3 Å². The van der Waals surface area contributed by atoms with Gasteiger partial charge in [0, 0.05) is 38.6 Å². The maximum atomic E-state index is 11.8. The number of ether oxygens (including phenoxy) is 1. The summed E-state index contributed by atoms with van der Waals surface area (Å²) in [6.45, 7) is 6.88. The van der Waals surface area contributed by atoms with Crippen molar-refractivity contribution in [2.24, 2.45) is 0 Å². The lowest BCUT2D eigenvalue weighted by Gasteiger charge is -2.12. The summed E-state index contributed by atoms with van der Waals surface area (Å²) in [5.41, 5.74) is 1.18. The van der Waals surface area contributed by atoms with E-state index in [0.717, 1.165) is 25.9 Å². The van der Waals surface area contributed by atoms with Gasteiger partial charge in [-0.05, 0) is 25.0 Å². The molecule has 0 saturated carbocycles. The molecule has 5 nitrogen and oxygen atoms in total. The van der Waals surface area contributed by atoms with Crippen molar-refractivity contribution in [2.75, 3.05) is 20.3 Å². The Bertz CT molecular complexity index is 390. The van der Waals surface area contributed by atoms with Gasteiger partial charge in [-0.25, -0.2) is 0 Å². The van der Waals surface area contributed by atoms with Crippen molar-refractivity contribution < 1.29 is 9.53 Å². The fraction of sp³-hybridized carbons (Fsp3) is 0.667. The number of nitrogens with zero attached hydrogens (tertiary/aromatic N) is 1. The van der Waals surface area contributed by atoms with Gasteiger partial charge in [-0.1, -0.05) is 13.3 Å². The molecule has 1 rings (SSSR count). The van der Waals surface area contributed by atoms with Crippen molar-refractivity contribution in [3.63, 3.8) is 0 Å². The minimum Gasteiger partial charge on any atom is -0.383 e. The number of rotatable bonds is 10. The third kappa shape index (κ3) is 6.73. The summed E-state index contributed by atoms with van der Waals surface area (Å²) < 4.78 is 6.89. The van der Waals surface area contributed by atoms with Crippen molar-refractivity contribution in [1.82, 2.24) is 15.2 Å². The first-order valence-corrected chi connectivity index (χ1v) is 7.29. The fourth-order valence-corrected chi connectivity index (χ4v) is 2.09. The number of amides is 1. The number of hydrogen-bond acceptors (Lipinski definition) is 3. The van der Waals surface area contributed by atoms with Gasteiger partial charge in [0.15, 0.2) is 0 Å². The SMILES string of the molecule is CCCC(C)NC(=O)Cn1ccc(CNCCOC)c1. The minimum atomic E-state index is 0.0699. The highest BCUT2D eigenvalue weighted by Crippen LogP contribution is 2.01. The van der Waals surface area contributed by atoms with E-state index in [1.165, 1.54) is 5.56 Å². The van der Waals surface area contributed by atoms with E-state index >= 15 is 0 Å². The molecule has 1 heterocycles. The van der Waals surface area contributed by atoms with Crippen LogP contribution in [-0.4, -0.2) is 36.8 Å². The average molecular weight is 281 g/mol. The number of carbonyl (C=O) groups is 1. The van der Waals surface area contributed by atoms with E-state index in [1.807, 2.05) is 30.0 Å². The molecule has 1 aromatic rings. The zero-order valence-electron chi connectivity index (χ0n) is 12.8. The van der Waals surface area contributed by atoms with Crippen molar-refractivity contribution in [3.05, 3.63) is 24.0 Å². The first kappa shape index (κ1) is 16.7. The molecule has 0 aliphatic heterocycles. The third-order valence-electron chi connectivity index (χ3n) is 3.08. The van der Waals surface area contributed by atoms with E-state index in [1.54, 1.807) is 7.11 Å². The second-order valence-electron chi connectivity index (χ2n) is 5.12. The molecule has 1 amide bonds. The van der Waals surface area contributed by atoms with Gasteiger partial charge in [0.1, 0.15) is 6.54 Å². The van der Waals surface area contributed by atoms with Crippen LogP contribution in [0.4, 0.5) is 0 Å². The molecule has 0 spiro atoms. The van der Waals surface area contributed by atoms with Gasteiger partial charge in [-0.3, -0.25) is 4.79 Å². The largest absolute Gasteiger partial charge is 0.383 e. The molecule has 1 atom stereocenters. The minimum absolute atomic E-state index is 0.0699. The molecule has 114 valence electrons. The summed E-state index contributed by atoms with van der Waals surface area (Å²) in [6.07, 6.45) is 6.05. The third-order valence-corrected chi connectivity index (χ3v) is 3.08. The summed E-state index contributed by atoms with van der Waals surface area (Å²) >= 11 is 0. The second kappa shape index (κ2) is 9.55. The molecule has 1 aromatic heterocycles. The van der Waals surface area contributed by atoms with Crippen LogP contribution in [0.15, 0.2) is 18.5 Å². The molecule has 0 radical (unpaired) electrons. The molecule has 5 heteroatoms. The summed E-state index contributed by atoms with van der Waals surface area (Å²) in [5.74, 6) is 0.0699. The van der Waals surface area contributed by atoms with Gasteiger partial charge in [0.05, 0.1) is 6.61 Å². The Morgan fingerprint density at radius 3 is 3.00 bits per heavy atom. The lowest BCUT2D eigenvalue weighted by atomic mass is 10.2. The molecule has 0 fully saturated rings. The van der Waals surface area contributed by atoms with Crippen LogP contribution in [0.3, 0.4) is 0 Å². The zero-order valence-corrected chi connectivity index (χ0v) is 12.8. The van der Waals surface area contributed by atoms with Crippen LogP contribution in [0, 0.1) is 0 Å². The van der Waals surface area contributed by atoms with Crippen LogP contribution >= 0.6 is 0 Å². The highest BCUT2D eigenvalue weighted by atomic mass is 16.5. The van der Waals surface area contributed by atoms with Crippen LogP contribution in [-0.2, 0) is 22.6 Å². The van der Waals surface area contributed by atoms with Crippen LogP contribution in [0.25, 0.3) is 0 Å². The molecule has 20 heavy (non-hydrogen) atoms. The number of hydrogen-bond donors (Lipinski definition) is 2. The van der Waals surface area contributed by atoms with Crippen LogP contribution < -0.4 is 10.6 Å². The number of methoxy groups -OCH3 is 1. The van der Waals surface area contributed by atoms with Gasteiger partial charge in [-0.2, -0.15) is 0 Å². The Balaban J connectivity index is 2.30. The Kier molecular flexibility index (Phi) is 7.99. The van der Waals surface area contributed by atoms with E-state index in [0.29, 0.717) is 13.2 Å². The molecule has 0 saturated heterocycles. The van der Waals surface area contributed by atoms with Crippen molar-refractivity contribution in [3.8, 4) is 0 Å². The highest BCUT2D eigenvalue weighted by molar-refractivity contribution is 5.76. The average Bonchev–Trinajstić information content (AvgIpc) is 2.82. The van der Waals surface area contributed by atoms with Gasteiger partial charge in [0.25, 0.3) is 0 Å². The molecular weight excluding hydrogens is 254 g/mol. The van der Waals surface area contributed by atoms with Crippen LogP contribution in [0.5, 0.6) is 0 Å². The summed E-state index contributed by atoms with van der Waals surface area (Å²) in [6, 6.07) is 2.28. The maximum Gasteiger partial charge on any atom is 0.240 e. The number of aromatic nitrogens is 1. The maximum absolute atomic E-state index is 11.8. The number of carbonyl (C=O) groups excluding carboxylic acids is 1. The molecule has 0 bridgehead atoms. The predicted molar refractivity (Wildman–Crippen MR) is 80.5 cm³/mol. The van der Waals surface area contributed by atoms with Crippen molar-refractivity contribution >= 4 is 5.91 Å². The lowest BCUT2D eigenvalue weighted by molar-refractivity contribution is -0.122. The van der Waals surface area contributed by atoms with Crippen LogP contribution in [0.2, 0.25) is 0 Å². The molecular formula is C15H27N3O2. The predicted octanol–water partition coefficient (Wildman–Crippen LogP) is 1.53. The Hall–Kier alpha value is -1.33. The summed E-state index contributed by atoms with van der Waals surface area (Å²) in [4.78, 5) is 11.8. The Labute approximate surface area is 121 Å². The lowest BCUT2D eigenvalue weighted by Crippen LogP contribution is -2.34. The van der Waals surface area contributed by atoms with Crippen molar-refractivity contribution in [1.29, 1.82) is 0 Å². The van der Waals surface area contributed by atoms with E-state index < -0.39 is 0 Å². The Morgan fingerprint density at radius 1 is 1.50 bits per heavy atom. The monoisotopic (exact) mass is 281 g/mol. The summed E-state index contributed by atoms with van der Waals surface area (Å²) in [7, 11) is 1.69. The molecule has 0 aromatic carbocycles. The van der Waals surface area contributed by atoms with Gasteiger partial charge >= 0.3 is 0 Å². The standard InChI is InChI=1S/C15H27N3O2/c1-4-5-13(2)17-15(19)12-18-8-6-14(11-18)10-16-7-9-20-3/h6,8,11,13,16H,4-5,7,9-10,12H2,1-3H3,(H,17,19). The Morgan fingerprint density at radius 2 is 2.30 bits per heavy atom. The quantitative estimate of drug-likeness (QED) is 0.640. The summed E-state index contributed by atoms with van der Waals surface area (Å²) in [5, 5.41) is 6.29. The second-order valence-corrected chi connectivity index (χ2v) is 5.12. The highest BCUT2D eigenvalue weighted by Gasteiger charge is 2.07. The molecule has 0 aliphatic rings. The smallest absolute Gasteiger partial charge is 0.240 e. The zero-order chi connectivity index (χ0) is 14.8. The van der Waals surface area contributed by atoms with E-state index in [-0.39, 0.29) is 11.9 Å². The van der Waals surface area contributed by atoms with Gasteiger partial charge in [-0.15, -0.1) is 0 Å². The first-order valence-electron chi connectivity index (χ1n) is 7.29. The fourth-order valence-electron chi connectivity index (χ4n) is 2.09. The van der Waals surface area contributed by atoms with E-state index in [2.05, 4.69) is 17.6 Å². The van der Waals surface area contributed by atoms with E-state index in [9.17, 15) is 4.79 Å². The molecule has 2 N–H and O–H groups in total.